The largest absolute Gasteiger partial charge is 0.478 e. The SMILES string of the molecule is O=C(O)c1cc(F)cc(-c2ccc(C(F)(F)F)c(F)c2)c1. The molecule has 7 heteroatoms. The minimum Gasteiger partial charge on any atom is -0.478 e. The smallest absolute Gasteiger partial charge is 0.419 e. The van der Waals surface area contributed by atoms with Crippen LogP contribution in [0.25, 0.3) is 11.1 Å². The molecule has 2 rings (SSSR count). The number of hydrogen-bond acceptors (Lipinski definition) is 1. The summed E-state index contributed by atoms with van der Waals surface area (Å²) in [5.74, 6) is -3.80. The first kappa shape index (κ1) is 15.0. The molecule has 0 unspecified atom stereocenters. The van der Waals surface area contributed by atoms with Crippen molar-refractivity contribution in [3.8, 4) is 11.1 Å². The van der Waals surface area contributed by atoms with Crippen molar-refractivity contribution in [1.82, 2.24) is 0 Å². The van der Waals surface area contributed by atoms with Crippen LogP contribution in [0, 0.1) is 11.6 Å². The first-order valence-corrected chi connectivity index (χ1v) is 5.59. The average Bonchev–Trinajstić information content (AvgIpc) is 2.36. The molecule has 110 valence electrons. The van der Waals surface area contributed by atoms with Crippen molar-refractivity contribution in [3.05, 3.63) is 59.2 Å². The Labute approximate surface area is 115 Å². The molecule has 0 aliphatic rings. The summed E-state index contributed by atoms with van der Waals surface area (Å²) < 4.78 is 64.1. The third-order valence-electron chi connectivity index (χ3n) is 2.75. The van der Waals surface area contributed by atoms with Gasteiger partial charge in [-0.05, 0) is 41.5 Å². The van der Waals surface area contributed by atoms with E-state index in [9.17, 15) is 26.7 Å². The number of carboxylic acids is 1. The van der Waals surface area contributed by atoms with Crippen molar-refractivity contribution in [2.75, 3.05) is 0 Å². The first-order chi connectivity index (χ1) is 9.68. The van der Waals surface area contributed by atoms with Crippen LogP contribution in [-0.4, -0.2) is 11.1 Å². The van der Waals surface area contributed by atoms with Crippen LogP contribution < -0.4 is 0 Å². The highest BCUT2D eigenvalue weighted by Crippen LogP contribution is 2.33. The number of carboxylic acid groups (broad SMARTS) is 1. The quantitative estimate of drug-likeness (QED) is 0.837. The topological polar surface area (TPSA) is 37.3 Å². The molecule has 0 heterocycles. The van der Waals surface area contributed by atoms with E-state index in [2.05, 4.69) is 0 Å². The zero-order valence-corrected chi connectivity index (χ0v) is 10.2. The summed E-state index contributed by atoms with van der Waals surface area (Å²) in [6.45, 7) is 0. The van der Waals surface area contributed by atoms with Gasteiger partial charge in [0.1, 0.15) is 11.6 Å². The summed E-state index contributed by atoms with van der Waals surface area (Å²) >= 11 is 0. The van der Waals surface area contributed by atoms with Crippen LogP contribution in [0.2, 0.25) is 0 Å². The van der Waals surface area contributed by atoms with Crippen molar-refractivity contribution in [2.24, 2.45) is 0 Å². The molecule has 0 radical (unpaired) electrons. The maximum atomic E-state index is 13.5. The van der Waals surface area contributed by atoms with E-state index in [0.717, 1.165) is 24.3 Å². The van der Waals surface area contributed by atoms with E-state index in [1.165, 1.54) is 0 Å². The summed E-state index contributed by atoms with van der Waals surface area (Å²) in [5, 5.41) is 8.80. The number of alkyl halides is 3. The zero-order chi connectivity index (χ0) is 15.8. The lowest BCUT2D eigenvalue weighted by atomic mass is 10.0. The van der Waals surface area contributed by atoms with Gasteiger partial charge in [-0.25, -0.2) is 13.6 Å². The number of rotatable bonds is 2. The molecule has 0 fully saturated rings. The molecule has 0 bridgehead atoms. The standard InChI is InChI=1S/C14H7F5O2/c15-10-4-8(3-9(5-10)13(20)21)7-1-2-11(12(16)6-7)14(17,18)19/h1-6H,(H,20,21). The number of hydrogen-bond donors (Lipinski definition) is 1. The van der Waals surface area contributed by atoms with Gasteiger partial charge in [0.05, 0.1) is 11.1 Å². The average molecular weight is 302 g/mol. The van der Waals surface area contributed by atoms with Gasteiger partial charge in [0.2, 0.25) is 0 Å². The monoisotopic (exact) mass is 302 g/mol. The van der Waals surface area contributed by atoms with Crippen LogP contribution >= 0.6 is 0 Å². The minimum atomic E-state index is -4.84. The molecule has 0 atom stereocenters. The summed E-state index contributed by atoms with van der Waals surface area (Å²) in [7, 11) is 0. The number of halogens is 5. The normalized spacial score (nSPS) is 11.5. The Balaban J connectivity index is 2.53. The van der Waals surface area contributed by atoms with Crippen LogP contribution in [0.5, 0.6) is 0 Å². The van der Waals surface area contributed by atoms with E-state index in [4.69, 9.17) is 5.11 Å². The molecule has 0 spiro atoms. The zero-order valence-electron chi connectivity index (χ0n) is 10.2. The fourth-order valence-corrected chi connectivity index (χ4v) is 1.80. The van der Waals surface area contributed by atoms with Gasteiger partial charge in [-0.3, -0.25) is 0 Å². The predicted octanol–water partition coefficient (Wildman–Crippen LogP) is 4.35. The molecule has 0 aliphatic heterocycles. The molecule has 2 nitrogen and oxygen atoms in total. The summed E-state index contributed by atoms with van der Waals surface area (Å²) in [6, 6.07) is 4.78. The highest BCUT2D eigenvalue weighted by Gasteiger charge is 2.33. The molecular weight excluding hydrogens is 295 g/mol. The summed E-state index contributed by atoms with van der Waals surface area (Å²) in [5.41, 5.74) is -1.91. The van der Waals surface area contributed by atoms with E-state index in [0.29, 0.717) is 12.1 Å². The highest BCUT2D eigenvalue weighted by molar-refractivity contribution is 5.89. The van der Waals surface area contributed by atoms with Crippen LogP contribution in [0.15, 0.2) is 36.4 Å². The number of carbonyl (C=O) groups is 1. The third kappa shape index (κ3) is 3.18. The van der Waals surface area contributed by atoms with E-state index in [1.807, 2.05) is 0 Å². The lowest BCUT2D eigenvalue weighted by Crippen LogP contribution is -2.07. The molecular formula is C14H7F5O2. The second kappa shape index (κ2) is 5.16. The van der Waals surface area contributed by atoms with Crippen molar-refractivity contribution in [3.63, 3.8) is 0 Å². The molecule has 21 heavy (non-hydrogen) atoms. The van der Waals surface area contributed by atoms with Crippen LogP contribution in [0.1, 0.15) is 15.9 Å². The molecule has 0 saturated carbocycles. The molecule has 1 N–H and O–H groups in total. The maximum Gasteiger partial charge on any atom is 0.419 e. The van der Waals surface area contributed by atoms with Crippen molar-refractivity contribution < 1.29 is 31.9 Å². The van der Waals surface area contributed by atoms with Crippen molar-refractivity contribution >= 4 is 5.97 Å². The minimum absolute atomic E-state index is 0.0278. The molecule has 0 amide bonds. The first-order valence-electron chi connectivity index (χ1n) is 5.59. The predicted molar refractivity (Wildman–Crippen MR) is 63.8 cm³/mol. The Hall–Kier alpha value is -2.44. The molecule has 0 saturated heterocycles. The van der Waals surface area contributed by atoms with E-state index >= 15 is 0 Å². The van der Waals surface area contributed by atoms with Gasteiger partial charge in [0.15, 0.2) is 0 Å². The number of aromatic carboxylic acids is 1. The van der Waals surface area contributed by atoms with E-state index in [-0.39, 0.29) is 16.7 Å². The van der Waals surface area contributed by atoms with Gasteiger partial charge in [-0.15, -0.1) is 0 Å². The van der Waals surface area contributed by atoms with Gasteiger partial charge in [-0.1, -0.05) is 6.07 Å². The maximum absolute atomic E-state index is 13.5. The van der Waals surface area contributed by atoms with Gasteiger partial charge in [-0.2, -0.15) is 13.2 Å². The van der Waals surface area contributed by atoms with Gasteiger partial charge >= 0.3 is 12.1 Å². The Morgan fingerprint density at radius 3 is 2.14 bits per heavy atom. The van der Waals surface area contributed by atoms with Crippen LogP contribution in [-0.2, 0) is 6.18 Å². The summed E-state index contributed by atoms with van der Waals surface area (Å²) in [4.78, 5) is 10.8. The third-order valence-corrected chi connectivity index (χ3v) is 2.75. The Bertz CT molecular complexity index is 707. The van der Waals surface area contributed by atoms with E-state index < -0.39 is 29.3 Å². The molecule has 2 aromatic rings. The second-order valence-corrected chi connectivity index (χ2v) is 4.23. The van der Waals surface area contributed by atoms with Gasteiger partial charge in [0.25, 0.3) is 0 Å². The molecule has 2 aromatic carbocycles. The van der Waals surface area contributed by atoms with E-state index in [1.54, 1.807) is 0 Å². The molecule has 0 aromatic heterocycles. The Morgan fingerprint density at radius 1 is 0.952 bits per heavy atom. The lowest BCUT2D eigenvalue weighted by molar-refractivity contribution is -0.139. The van der Waals surface area contributed by atoms with Crippen LogP contribution in [0.3, 0.4) is 0 Å². The highest BCUT2D eigenvalue weighted by atomic mass is 19.4. The molecule has 0 aliphatic carbocycles. The Kier molecular flexibility index (Phi) is 3.67. The van der Waals surface area contributed by atoms with Gasteiger partial charge in [0, 0.05) is 0 Å². The lowest BCUT2D eigenvalue weighted by Gasteiger charge is -2.10. The fraction of sp³-hybridized carbons (Fsp3) is 0.0714. The number of benzene rings is 2. The van der Waals surface area contributed by atoms with Crippen LogP contribution in [0.4, 0.5) is 22.0 Å². The Morgan fingerprint density at radius 2 is 1.62 bits per heavy atom. The van der Waals surface area contributed by atoms with Crippen molar-refractivity contribution in [2.45, 2.75) is 6.18 Å². The van der Waals surface area contributed by atoms with Crippen molar-refractivity contribution in [1.29, 1.82) is 0 Å². The second-order valence-electron chi connectivity index (χ2n) is 4.23. The fourth-order valence-electron chi connectivity index (χ4n) is 1.80. The van der Waals surface area contributed by atoms with Gasteiger partial charge < -0.3 is 5.11 Å². The summed E-state index contributed by atoms with van der Waals surface area (Å²) in [6.07, 6.45) is -4.84.